The van der Waals surface area contributed by atoms with Gasteiger partial charge in [0.2, 0.25) is 0 Å². The van der Waals surface area contributed by atoms with Crippen molar-refractivity contribution in [2.45, 2.75) is 34.6 Å². The molecule has 0 N–H and O–H groups in total. The number of thiol groups is 2. The summed E-state index contributed by atoms with van der Waals surface area (Å²) in [7, 11) is 0. The fourth-order valence-corrected chi connectivity index (χ4v) is 0.784. The topological polar surface area (TPSA) is 0 Å². The van der Waals surface area contributed by atoms with Crippen LogP contribution in [0.5, 0.6) is 0 Å². The summed E-state index contributed by atoms with van der Waals surface area (Å²) in [6.45, 7) is 10.6. The first-order valence-electron chi connectivity index (χ1n) is 4.02. The van der Waals surface area contributed by atoms with Crippen molar-refractivity contribution in [3.8, 4) is 0 Å². The van der Waals surface area contributed by atoms with E-state index in [-0.39, 0.29) is 5.41 Å². The standard InChI is InChI=1S/C10H18S2/c1-7(10(3,4)5)6-9(12)8(2)11/h6,11-12H,1-5H3/b7-6+,9-8-. The molecule has 12 heavy (non-hydrogen) atoms. The molecule has 0 rings (SSSR count). The van der Waals surface area contributed by atoms with E-state index >= 15 is 0 Å². The molecule has 0 radical (unpaired) electrons. The average Bonchev–Trinajstić information content (AvgIpc) is 1.85. The maximum Gasteiger partial charge on any atom is 0.0129 e. The number of rotatable bonds is 1. The lowest BCUT2D eigenvalue weighted by Crippen LogP contribution is -2.06. The van der Waals surface area contributed by atoms with Crippen LogP contribution in [-0.4, -0.2) is 0 Å². The van der Waals surface area contributed by atoms with Crippen molar-refractivity contribution in [2.75, 3.05) is 0 Å². The Bertz CT molecular complexity index is 212. The number of allylic oxidation sites excluding steroid dienone is 3. The Kier molecular flexibility index (Phi) is 4.49. The Balaban J connectivity index is 4.71. The van der Waals surface area contributed by atoms with Crippen LogP contribution < -0.4 is 0 Å². The SMILES string of the molecule is C/C(S)=C(S)\C=C(/C)C(C)(C)C. The van der Waals surface area contributed by atoms with Crippen molar-refractivity contribution in [2.24, 2.45) is 5.41 Å². The zero-order valence-corrected chi connectivity index (χ0v) is 10.3. The van der Waals surface area contributed by atoms with Crippen LogP contribution in [0, 0.1) is 5.41 Å². The maximum atomic E-state index is 4.32. The zero-order valence-electron chi connectivity index (χ0n) is 8.47. The lowest BCUT2D eigenvalue weighted by molar-refractivity contribution is 0.504. The molecule has 0 aliphatic carbocycles. The largest absolute Gasteiger partial charge is 0.147 e. The third-order valence-corrected chi connectivity index (χ3v) is 2.79. The summed E-state index contributed by atoms with van der Waals surface area (Å²) in [5.41, 5.74) is 1.54. The molecule has 0 aromatic heterocycles. The van der Waals surface area contributed by atoms with Gasteiger partial charge in [-0.3, -0.25) is 0 Å². The highest BCUT2D eigenvalue weighted by atomic mass is 32.1. The highest BCUT2D eigenvalue weighted by Crippen LogP contribution is 2.27. The Morgan fingerprint density at radius 2 is 1.50 bits per heavy atom. The second-order valence-electron chi connectivity index (χ2n) is 4.05. The van der Waals surface area contributed by atoms with E-state index in [0.29, 0.717) is 0 Å². The van der Waals surface area contributed by atoms with Crippen molar-refractivity contribution in [3.05, 3.63) is 21.5 Å². The molecule has 0 aliphatic rings. The highest BCUT2D eigenvalue weighted by molar-refractivity contribution is 7.88. The van der Waals surface area contributed by atoms with Crippen LogP contribution in [0.3, 0.4) is 0 Å². The molecule has 0 aliphatic heterocycles. The van der Waals surface area contributed by atoms with Gasteiger partial charge >= 0.3 is 0 Å². The van der Waals surface area contributed by atoms with Crippen LogP contribution in [-0.2, 0) is 0 Å². The minimum absolute atomic E-state index is 0.219. The van der Waals surface area contributed by atoms with Gasteiger partial charge in [0.15, 0.2) is 0 Å². The van der Waals surface area contributed by atoms with E-state index in [0.717, 1.165) is 9.81 Å². The van der Waals surface area contributed by atoms with Crippen LogP contribution in [0.15, 0.2) is 21.5 Å². The third-order valence-electron chi connectivity index (χ3n) is 1.91. The van der Waals surface area contributed by atoms with Gasteiger partial charge < -0.3 is 0 Å². The first-order chi connectivity index (χ1) is 5.25. The van der Waals surface area contributed by atoms with Gasteiger partial charge in [0.05, 0.1) is 0 Å². The van der Waals surface area contributed by atoms with E-state index in [9.17, 15) is 0 Å². The van der Waals surface area contributed by atoms with Crippen LogP contribution >= 0.6 is 25.3 Å². The molecule has 0 atom stereocenters. The fourth-order valence-electron chi connectivity index (χ4n) is 0.526. The molecule has 0 amide bonds. The zero-order chi connectivity index (χ0) is 9.94. The van der Waals surface area contributed by atoms with E-state index in [1.807, 2.05) is 6.92 Å². The van der Waals surface area contributed by atoms with E-state index in [1.54, 1.807) is 0 Å². The Morgan fingerprint density at radius 3 is 1.75 bits per heavy atom. The van der Waals surface area contributed by atoms with E-state index in [2.05, 4.69) is 59.0 Å². The molecule has 0 heterocycles. The van der Waals surface area contributed by atoms with Crippen molar-refractivity contribution in [3.63, 3.8) is 0 Å². The van der Waals surface area contributed by atoms with Crippen LogP contribution in [0.1, 0.15) is 34.6 Å². The molecule has 0 saturated carbocycles. The normalized spacial score (nSPS) is 16.1. The van der Waals surface area contributed by atoms with Crippen LogP contribution in [0.4, 0.5) is 0 Å². The molecule has 0 aromatic rings. The van der Waals surface area contributed by atoms with Gasteiger partial charge in [-0.1, -0.05) is 26.3 Å². The predicted octanol–water partition coefficient (Wildman–Crippen LogP) is 4.07. The molecule has 2 heteroatoms. The molecule has 70 valence electrons. The lowest BCUT2D eigenvalue weighted by atomic mass is 9.87. The molecule has 0 unspecified atom stereocenters. The van der Waals surface area contributed by atoms with Gasteiger partial charge in [-0.2, -0.15) is 0 Å². The molecule has 0 saturated heterocycles. The summed E-state index contributed by atoms with van der Waals surface area (Å²) in [5.74, 6) is 0. The predicted molar refractivity (Wildman–Crippen MR) is 63.9 cm³/mol. The molecule has 0 spiro atoms. The Labute approximate surface area is 87.0 Å². The summed E-state index contributed by atoms with van der Waals surface area (Å²) in [6.07, 6.45) is 2.07. The number of hydrogen-bond donors (Lipinski definition) is 2. The van der Waals surface area contributed by atoms with E-state index in [1.165, 1.54) is 5.57 Å². The fraction of sp³-hybridized carbons (Fsp3) is 0.600. The van der Waals surface area contributed by atoms with Gasteiger partial charge in [-0.05, 0) is 30.2 Å². The van der Waals surface area contributed by atoms with Gasteiger partial charge in [0.1, 0.15) is 0 Å². The number of hydrogen-bond acceptors (Lipinski definition) is 2. The molecular formula is C10H18S2. The monoisotopic (exact) mass is 202 g/mol. The average molecular weight is 202 g/mol. The first-order valence-corrected chi connectivity index (χ1v) is 4.92. The molecular weight excluding hydrogens is 184 g/mol. The molecule has 0 nitrogen and oxygen atoms in total. The van der Waals surface area contributed by atoms with Crippen LogP contribution in [0.25, 0.3) is 0 Å². The van der Waals surface area contributed by atoms with Crippen LogP contribution in [0.2, 0.25) is 0 Å². The van der Waals surface area contributed by atoms with Crippen molar-refractivity contribution >= 4 is 25.3 Å². The summed E-state index contributed by atoms with van der Waals surface area (Å²) in [5, 5.41) is 0. The third kappa shape index (κ3) is 4.27. The summed E-state index contributed by atoms with van der Waals surface area (Å²) in [6, 6.07) is 0. The minimum Gasteiger partial charge on any atom is -0.147 e. The van der Waals surface area contributed by atoms with Gasteiger partial charge in [-0.15, -0.1) is 25.3 Å². The quantitative estimate of drug-likeness (QED) is 0.465. The van der Waals surface area contributed by atoms with Gasteiger partial charge in [0, 0.05) is 4.91 Å². The second-order valence-corrected chi connectivity index (χ2v) is 5.20. The molecule has 0 fully saturated rings. The summed E-state index contributed by atoms with van der Waals surface area (Å²) in [4.78, 5) is 1.91. The Morgan fingerprint density at radius 1 is 1.08 bits per heavy atom. The second kappa shape index (κ2) is 4.43. The lowest BCUT2D eigenvalue weighted by Gasteiger charge is -2.19. The summed E-state index contributed by atoms with van der Waals surface area (Å²) < 4.78 is 0. The van der Waals surface area contributed by atoms with Gasteiger partial charge in [-0.25, -0.2) is 0 Å². The van der Waals surface area contributed by atoms with Crippen molar-refractivity contribution in [1.82, 2.24) is 0 Å². The van der Waals surface area contributed by atoms with E-state index in [4.69, 9.17) is 0 Å². The smallest absolute Gasteiger partial charge is 0.0129 e. The minimum atomic E-state index is 0.219. The maximum absolute atomic E-state index is 4.32. The molecule has 0 aromatic carbocycles. The Hall–Kier alpha value is 0.180. The highest BCUT2D eigenvalue weighted by Gasteiger charge is 2.12. The first kappa shape index (κ1) is 12.2. The molecule has 0 bridgehead atoms. The summed E-state index contributed by atoms with van der Waals surface area (Å²) >= 11 is 8.54. The van der Waals surface area contributed by atoms with Crippen molar-refractivity contribution in [1.29, 1.82) is 0 Å². The van der Waals surface area contributed by atoms with E-state index < -0.39 is 0 Å². The van der Waals surface area contributed by atoms with Gasteiger partial charge in [0.25, 0.3) is 0 Å². The van der Waals surface area contributed by atoms with Crippen molar-refractivity contribution < 1.29 is 0 Å².